The maximum atomic E-state index is 13.5. The minimum absolute atomic E-state index is 0.290. The zero-order valence-corrected chi connectivity index (χ0v) is 31.0. The molecule has 8 nitrogen and oxygen atoms in total. The summed E-state index contributed by atoms with van der Waals surface area (Å²) in [6, 6.07) is 48.3. The molecule has 10 rings (SSSR count). The van der Waals surface area contributed by atoms with Gasteiger partial charge >= 0.3 is 6.18 Å². The lowest BCUT2D eigenvalue weighted by atomic mass is 10.00. The van der Waals surface area contributed by atoms with Crippen molar-refractivity contribution in [3.63, 3.8) is 0 Å². The first-order valence-corrected chi connectivity index (χ1v) is 18.8. The van der Waals surface area contributed by atoms with E-state index in [1.165, 1.54) is 6.21 Å². The van der Waals surface area contributed by atoms with Crippen LogP contribution in [0.15, 0.2) is 151 Å². The minimum atomic E-state index is -4.71. The average Bonchev–Trinajstić information content (AvgIpc) is 4.12. The van der Waals surface area contributed by atoms with Gasteiger partial charge in [-0.05, 0) is 64.7 Å². The molecule has 2 aliphatic rings. The van der Waals surface area contributed by atoms with E-state index < -0.39 is 12.0 Å². The number of alkyl halides is 3. The lowest BCUT2D eigenvalue weighted by molar-refractivity contribution is -0.144. The number of nitrogens with one attached hydrogen (secondary N) is 3. The molecule has 3 N–H and O–H groups in total. The Bertz CT molecular complexity index is 3120. The van der Waals surface area contributed by atoms with E-state index in [9.17, 15) is 13.2 Å². The van der Waals surface area contributed by atoms with Crippen LogP contribution in [0, 0.1) is 0 Å². The molecule has 0 aliphatic carbocycles. The van der Waals surface area contributed by atoms with E-state index in [0.29, 0.717) is 17.0 Å². The summed E-state index contributed by atoms with van der Waals surface area (Å²) in [6.45, 7) is 0. The third-order valence-electron chi connectivity index (χ3n) is 10.2. The van der Waals surface area contributed by atoms with E-state index in [2.05, 4.69) is 72.6 Å². The number of benzene rings is 4. The Kier molecular flexibility index (Phi) is 8.75. The summed E-state index contributed by atoms with van der Waals surface area (Å²) in [5.41, 5.74) is 13.7. The van der Waals surface area contributed by atoms with Crippen LogP contribution < -0.4 is 0 Å². The van der Waals surface area contributed by atoms with Crippen molar-refractivity contribution in [2.75, 3.05) is 0 Å². The molecule has 0 atom stereocenters. The molecule has 0 radical (unpaired) electrons. The Labute approximate surface area is 335 Å². The van der Waals surface area contributed by atoms with Crippen LogP contribution in [-0.4, -0.2) is 41.3 Å². The number of hydrogen-bond donors (Lipinski definition) is 3. The van der Waals surface area contributed by atoms with Crippen molar-refractivity contribution in [1.29, 1.82) is 0 Å². The van der Waals surface area contributed by atoms with Gasteiger partial charge in [0.25, 0.3) is 0 Å². The van der Waals surface area contributed by atoms with Crippen LogP contribution in [0.25, 0.3) is 90.4 Å². The van der Waals surface area contributed by atoms with Crippen molar-refractivity contribution >= 4 is 58.0 Å². The van der Waals surface area contributed by atoms with Crippen molar-refractivity contribution in [2.45, 2.75) is 6.18 Å². The second kappa shape index (κ2) is 14.5. The molecule has 4 aromatic carbocycles. The van der Waals surface area contributed by atoms with Gasteiger partial charge in [-0.3, -0.25) is 0 Å². The van der Waals surface area contributed by atoms with Crippen molar-refractivity contribution in [3.05, 3.63) is 174 Å². The minimum Gasteiger partial charge on any atom is -0.354 e. The van der Waals surface area contributed by atoms with Crippen LogP contribution in [0.5, 0.6) is 0 Å². The van der Waals surface area contributed by atoms with E-state index in [1.54, 1.807) is 0 Å². The van der Waals surface area contributed by atoms with Crippen LogP contribution >= 0.6 is 0 Å². The van der Waals surface area contributed by atoms with Crippen LogP contribution in [0.4, 0.5) is 19.1 Å². The van der Waals surface area contributed by atoms with E-state index in [-0.39, 0.29) is 5.95 Å². The molecule has 0 spiro atoms. The monoisotopic (exact) mass is 776 g/mol. The largest absolute Gasteiger partial charge is 0.451 e. The fourth-order valence-corrected chi connectivity index (χ4v) is 7.61. The summed E-state index contributed by atoms with van der Waals surface area (Å²) in [7, 11) is 0. The molecule has 0 saturated heterocycles. The number of aliphatic imine (C=N–C) groups is 1. The van der Waals surface area contributed by atoms with Crippen LogP contribution in [0.2, 0.25) is 0 Å². The molecule has 2 aliphatic heterocycles. The van der Waals surface area contributed by atoms with Crippen molar-refractivity contribution in [1.82, 2.24) is 35.1 Å². The first-order valence-electron chi connectivity index (χ1n) is 18.8. The molecular weight excluding hydrogens is 746 g/mol. The topological polar surface area (TPSA) is 111 Å². The molecule has 284 valence electrons. The number of hydrogen-bond acceptors (Lipinski definition) is 5. The lowest BCUT2D eigenvalue weighted by Gasteiger charge is -2.07. The SMILES string of the molecule is FC(F)(F)c1nnc(/N=C\C2=Cc3nc2c(-c2ccccc2)c2ccc([nH]2)c(-c2ccccc2)c2nc(c(-c4ccccc4)c4ccc([nH]4)c3-c3ccccc3)C=C2)[nH]1. The predicted molar refractivity (Wildman–Crippen MR) is 229 cm³/mol. The molecule has 0 fully saturated rings. The van der Waals surface area contributed by atoms with Gasteiger partial charge in [0.15, 0.2) is 0 Å². The van der Waals surface area contributed by atoms with Gasteiger partial charge in [-0.2, -0.15) is 13.2 Å². The molecule has 6 heterocycles. The van der Waals surface area contributed by atoms with Gasteiger partial charge in [-0.15, -0.1) is 10.2 Å². The first-order chi connectivity index (χ1) is 28.9. The zero-order valence-electron chi connectivity index (χ0n) is 31.0. The molecular formula is C48H31F3N8. The molecule has 8 aromatic rings. The van der Waals surface area contributed by atoms with Gasteiger partial charge in [-0.1, -0.05) is 121 Å². The first kappa shape index (κ1) is 35.5. The van der Waals surface area contributed by atoms with Crippen LogP contribution in [0.3, 0.4) is 0 Å². The zero-order chi connectivity index (χ0) is 39.9. The Morgan fingerprint density at radius 1 is 0.458 bits per heavy atom. The van der Waals surface area contributed by atoms with E-state index in [1.807, 2.05) is 121 Å². The van der Waals surface area contributed by atoms with Crippen molar-refractivity contribution < 1.29 is 13.2 Å². The Morgan fingerprint density at radius 3 is 1.32 bits per heavy atom. The number of H-pyrrole nitrogens is 3. The van der Waals surface area contributed by atoms with Gasteiger partial charge in [0, 0.05) is 56.1 Å². The predicted octanol–water partition coefficient (Wildman–Crippen LogP) is 12.2. The summed E-state index contributed by atoms with van der Waals surface area (Å²) >= 11 is 0. The van der Waals surface area contributed by atoms with E-state index in [4.69, 9.17) is 9.97 Å². The van der Waals surface area contributed by atoms with Crippen LogP contribution in [0.1, 0.15) is 28.6 Å². The van der Waals surface area contributed by atoms with Gasteiger partial charge < -0.3 is 15.0 Å². The Hall–Kier alpha value is -7.92. The molecule has 0 amide bonds. The second-order valence-corrected chi connectivity index (χ2v) is 13.9. The number of halogens is 3. The lowest BCUT2D eigenvalue weighted by Crippen LogP contribution is -2.07. The number of allylic oxidation sites excluding steroid dienone is 1. The van der Waals surface area contributed by atoms with Gasteiger partial charge in [-0.25, -0.2) is 15.0 Å². The average molecular weight is 777 g/mol. The molecule has 11 heteroatoms. The van der Waals surface area contributed by atoms with E-state index in [0.717, 1.165) is 78.0 Å². The highest BCUT2D eigenvalue weighted by Gasteiger charge is 2.35. The van der Waals surface area contributed by atoms with Crippen molar-refractivity contribution in [2.24, 2.45) is 4.99 Å². The highest BCUT2D eigenvalue weighted by Crippen LogP contribution is 2.40. The quantitative estimate of drug-likeness (QED) is 0.146. The fourth-order valence-electron chi connectivity index (χ4n) is 7.61. The Morgan fingerprint density at radius 2 is 0.881 bits per heavy atom. The molecule has 0 unspecified atom stereocenters. The Balaban J connectivity index is 1.37. The summed E-state index contributed by atoms with van der Waals surface area (Å²) in [6.07, 6.45) is 2.80. The van der Waals surface area contributed by atoms with Crippen LogP contribution in [-0.2, 0) is 6.18 Å². The molecule has 59 heavy (non-hydrogen) atoms. The smallest absolute Gasteiger partial charge is 0.354 e. The highest BCUT2D eigenvalue weighted by molar-refractivity contribution is 6.20. The highest BCUT2D eigenvalue weighted by atomic mass is 19.4. The number of fused-ring (bicyclic) bond motifs is 8. The van der Waals surface area contributed by atoms with Crippen molar-refractivity contribution in [3.8, 4) is 44.5 Å². The van der Waals surface area contributed by atoms with E-state index >= 15 is 0 Å². The maximum absolute atomic E-state index is 13.5. The molecule has 8 bridgehead atoms. The third kappa shape index (κ3) is 6.74. The standard InChI is InChI=1S/C48H31F3N8/c49-48(50,51)46-57-47(59-58-46)52-28-33-27-40-43(31-17-9-3-10-18-31)38-24-23-36(54-38)41(29-13-5-1-6-14-29)34-21-22-35(53-34)42(30-15-7-2-8-16-30)37-25-26-39(55-37)44(45(33)56-40)32-19-11-4-12-20-32/h1-28,54-55H,(H,57,58,59)/b41-34?,41-36?,42-35?,42-37?,43-38?,43-40?,44-39?,45-44?,52-28-. The fraction of sp³-hybridized carbons (Fsp3) is 0.0208. The van der Waals surface area contributed by atoms with Gasteiger partial charge in [0.2, 0.25) is 11.8 Å². The summed E-state index contributed by atoms with van der Waals surface area (Å²) < 4.78 is 40.5. The summed E-state index contributed by atoms with van der Waals surface area (Å²) in [4.78, 5) is 24.7. The molecule has 0 saturated carbocycles. The number of rotatable bonds is 6. The third-order valence-corrected chi connectivity index (χ3v) is 10.2. The normalized spacial score (nSPS) is 12.6. The number of aromatic amines is 3. The maximum Gasteiger partial charge on any atom is 0.451 e. The summed E-state index contributed by atoms with van der Waals surface area (Å²) in [5.74, 6) is -1.52. The second-order valence-electron chi connectivity index (χ2n) is 13.9. The number of nitrogens with zero attached hydrogens (tertiary/aromatic N) is 5. The molecule has 4 aromatic heterocycles. The number of aromatic nitrogens is 7. The van der Waals surface area contributed by atoms with Gasteiger partial charge in [0.05, 0.1) is 22.8 Å². The van der Waals surface area contributed by atoms with Gasteiger partial charge in [0.1, 0.15) is 0 Å². The summed E-state index contributed by atoms with van der Waals surface area (Å²) in [5, 5.41) is 6.94.